The van der Waals surface area contributed by atoms with Gasteiger partial charge in [-0.05, 0) is 13.0 Å². The van der Waals surface area contributed by atoms with E-state index in [1.165, 1.54) is 7.11 Å². The largest absolute Gasteiger partial charge is 0.468 e. The van der Waals surface area contributed by atoms with Crippen LogP contribution in [0, 0.1) is 0 Å². The predicted molar refractivity (Wildman–Crippen MR) is 62.0 cm³/mol. The Bertz CT molecular complexity index is 219. The Morgan fingerprint density at radius 2 is 2.00 bits per heavy atom. The number of carbonyl (C=O) groups is 2. The third-order valence-corrected chi connectivity index (χ3v) is 2.16. The summed E-state index contributed by atoms with van der Waals surface area (Å²) >= 11 is 0. The topological polar surface area (TPSA) is 58.6 Å². The molecule has 0 aromatic heterocycles. The molecule has 0 rings (SSSR count). The van der Waals surface area contributed by atoms with E-state index in [9.17, 15) is 9.59 Å². The summed E-state index contributed by atoms with van der Waals surface area (Å²) in [6.07, 6.45) is 1.26. The second-order valence-electron chi connectivity index (χ2n) is 3.49. The second-order valence-corrected chi connectivity index (χ2v) is 3.49. The van der Waals surface area contributed by atoms with Gasteiger partial charge in [-0.2, -0.15) is 0 Å². The van der Waals surface area contributed by atoms with E-state index >= 15 is 0 Å². The maximum atomic E-state index is 11.7. The number of hydrogen-bond donors (Lipinski definition) is 1. The summed E-state index contributed by atoms with van der Waals surface area (Å²) in [6.45, 7) is 6.11. The molecule has 16 heavy (non-hydrogen) atoms. The lowest BCUT2D eigenvalue weighted by atomic mass is 10.3. The number of esters is 1. The molecule has 0 radical (unpaired) electrons. The van der Waals surface area contributed by atoms with Gasteiger partial charge in [-0.25, -0.2) is 0 Å². The van der Waals surface area contributed by atoms with Crippen LogP contribution >= 0.6 is 0 Å². The molecule has 94 valence electrons. The molecule has 5 nitrogen and oxygen atoms in total. The molecule has 0 fully saturated rings. The summed E-state index contributed by atoms with van der Waals surface area (Å²) in [7, 11) is 1.33. The first-order valence-electron chi connectivity index (χ1n) is 5.71. The van der Waals surface area contributed by atoms with Crippen LogP contribution in [0.4, 0.5) is 0 Å². The number of nitrogens with one attached hydrogen (secondary N) is 1. The molecule has 0 aromatic carbocycles. The molecule has 0 atom stereocenters. The van der Waals surface area contributed by atoms with Gasteiger partial charge in [-0.1, -0.05) is 13.8 Å². The van der Waals surface area contributed by atoms with Gasteiger partial charge in [-0.15, -0.1) is 0 Å². The Labute approximate surface area is 97.1 Å². The number of carbonyl (C=O) groups excluding carboxylic acids is 2. The zero-order chi connectivity index (χ0) is 12.4. The molecule has 0 spiro atoms. The number of rotatable bonds is 8. The van der Waals surface area contributed by atoms with Crippen molar-refractivity contribution in [1.82, 2.24) is 10.2 Å². The van der Waals surface area contributed by atoms with Crippen molar-refractivity contribution >= 4 is 11.9 Å². The summed E-state index contributed by atoms with van der Waals surface area (Å²) in [6, 6.07) is 0. The highest BCUT2D eigenvalue weighted by Gasteiger charge is 2.15. The molecule has 0 aliphatic heterocycles. The van der Waals surface area contributed by atoms with Crippen LogP contribution in [0.3, 0.4) is 0 Å². The highest BCUT2D eigenvalue weighted by Crippen LogP contribution is 1.97. The number of ether oxygens (including phenoxy) is 1. The molecule has 0 aliphatic carbocycles. The highest BCUT2D eigenvalue weighted by molar-refractivity contribution is 5.82. The van der Waals surface area contributed by atoms with E-state index < -0.39 is 0 Å². The molecule has 0 aliphatic rings. The molecule has 0 unspecified atom stereocenters. The lowest BCUT2D eigenvalue weighted by Crippen LogP contribution is -2.38. The van der Waals surface area contributed by atoms with Crippen LogP contribution in [0.25, 0.3) is 0 Å². The van der Waals surface area contributed by atoms with E-state index in [1.54, 1.807) is 4.90 Å². The molecule has 1 amide bonds. The van der Waals surface area contributed by atoms with Gasteiger partial charge >= 0.3 is 5.97 Å². The van der Waals surface area contributed by atoms with Crippen LogP contribution in [0.2, 0.25) is 0 Å². The van der Waals surface area contributed by atoms with Crippen LogP contribution in [0.1, 0.15) is 26.7 Å². The minimum absolute atomic E-state index is 0.00630. The average molecular weight is 230 g/mol. The summed E-state index contributed by atoms with van der Waals surface area (Å²) < 4.78 is 4.55. The van der Waals surface area contributed by atoms with E-state index in [2.05, 4.69) is 10.1 Å². The fraction of sp³-hybridized carbons (Fsp3) is 0.818. The lowest BCUT2D eigenvalue weighted by Gasteiger charge is -2.20. The van der Waals surface area contributed by atoms with Crippen molar-refractivity contribution in [3.63, 3.8) is 0 Å². The standard InChI is InChI=1S/C11H22N2O3/c1-4-8-13(9-11(15)16-3)10(14)6-7-12-5-2/h12H,4-9H2,1-3H3. The number of amides is 1. The molecule has 0 saturated carbocycles. The predicted octanol–water partition coefficient (Wildman–Crippen LogP) is 0.398. The smallest absolute Gasteiger partial charge is 0.325 e. The van der Waals surface area contributed by atoms with Crippen molar-refractivity contribution in [3.8, 4) is 0 Å². The van der Waals surface area contributed by atoms with Gasteiger partial charge in [0.15, 0.2) is 0 Å². The molecule has 0 heterocycles. The van der Waals surface area contributed by atoms with E-state index in [1.807, 2.05) is 13.8 Å². The lowest BCUT2D eigenvalue weighted by molar-refractivity contribution is -0.147. The Morgan fingerprint density at radius 1 is 1.31 bits per heavy atom. The Balaban J connectivity index is 4.07. The first-order chi connectivity index (χ1) is 7.65. The molecule has 0 saturated heterocycles. The molecular weight excluding hydrogens is 208 g/mol. The van der Waals surface area contributed by atoms with Crippen LogP contribution in [-0.4, -0.2) is 50.1 Å². The second kappa shape index (κ2) is 9.15. The van der Waals surface area contributed by atoms with Gasteiger partial charge in [0.05, 0.1) is 7.11 Å². The van der Waals surface area contributed by atoms with Crippen LogP contribution in [0.15, 0.2) is 0 Å². The van der Waals surface area contributed by atoms with Gasteiger partial charge < -0.3 is 15.0 Å². The van der Waals surface area contributed by atoms with Gasteiger partial charge in [0, 0.05) is 19.5 Å². The molecular formula is C11H22N2O3. The summed E-state index contributed by atoms with van der Waals surface area (Å²) in [5.41, 5.74) is 0. The third-order valence-electron chi connectivity index (χ3n) is 2.16. The fourth-order valence-electron chi connectivity index (χ4n) is 1.31. The first-order valence-corrected chi connectivity index (χ1v) is 5.71. The summed E-state index contributed by atoms with van der Waals surface area (Å²) in [5.74, 6) is -0.376. The van der Waals surface area contributed by atoms with Crippen molar-refractivity contribution in [3.05, 3.63) is 0 Å². The quantitative estimate of drug-likeness (QED) is 0.484. The van der Waals surface area contributed by atoms with E-state index in [0.29, 0.717) is 19.5 Å². The minimum atomic E-state index is -0.370. The number of methoxy groups -OCH3 is 1. The van der Waals surface area contributed by atoms with Crippen molar-refractivity contribution < 1.29 is 14.3 Å². The van der Waals surface area contributed by atoms with Crippen molar-refractivity contribution in [2.75, 3.05) is 33.3 Å². The Morgan fingerprint density at radius 3 is 2.50 bits per heavy atom. The maximum absolute atomic E-state index is 11.7. The normalized spacial score (nSPS) is 9.94. The van der Waals surface area contributed by atoms with Gasteiger partial charge in [-0.3, -0.25) is 9.59 Å². The van der Waals surface area contributed by atoms with Crippen LogP contribution < -0.4 is 5.32 Å². The minimum Gasteiger partial charge on any atom is -0.468 e. The van der Waals surface area contributed by atoms with Crippen LogP contribution in [-0.2, 0) is 14.3 Å². The highest BCUT2D eigenvalue weighted by atomic mass is 16.5. The number of nitrogens with zero attached hydrogens (tertiary/aromatic N) is 1. The zero-order valence-corrected chi connectivity index (χ0v) is 10.4. The van der Waals surface area contributed by atoms with Gasteiger partial charge in [0.2, 0.25) is 5.91 Å². The SMILES string of the molecule is CCCN(CC(=O)OC)C(=O)CCNCC. The first kappa shape index (κ1) is 14.9. The zero-order valence-electron chi connectivity index (χ0n) is 10.4. The van der Waals surface area contributed by atoms with Crippen molar-refractivity contribution in [2.24, 2.45) is 0 Å². The third kappa shape index (κ3) is 6.40. The monoisotopic (exact) mass is 230 g/mol. The summed E-state index contributed by atoms with van der Waals surface area (Å²) in [4.78, 5) is 24.4. The van der Waals surface area contributed by atoms with E-state index in [-0.39, 0.29) is 18.4 Å². The maximum Gasteiger partial charge on any atom is 0.325 e. The summed E-state index contributed by atoms with van der Waals surface area (Å²) in [5, 5.41) is 3.08. The van der Waals surface area contributed by atoms with E-state index in [4.69, 9.17) is 0 Å². The molecule has 0 bridgehead atoms. The molecule has 1 N–H and O–H groups in total. The molecule has 5 heteroatoms. The van der Waals surface area contributed by atoms with Gasteiger partial charge in [0.25, 0.3) is 0 Å². The van der Waals surface area contributed by atoms with Crippen molar-refractivity contribution in [1.29, 1.82) is 0 Å². The molecule has 0 aromatic rings. The van der Waals surface area contributed by atoms with E-state index in [0.717, 1.165) is 13.0 Å². The average Bonchev–Trinajstić information content (AvgIpc) is 2.28. The Kier molecular flexibility index (Phi) is 8.52. The van der Waals surface area contributed by atoms with Crippen molar-refractivity contribution in [2.45, 2.75) is 26.7 Å². The number of hydrogen-bond acceptors (Lipinski definition) is 4. The van der Waals surface area contributed by atoms with Crippen LogP contribution in [0.5, 0.6) is 0 Å². The fourth-order valence-corrected chi connectivity index (χ4v) is 1.31. The van der Waals surface area contributed by atoms with Gasteiger partial charge in [0.1, 0.15) is 6.54 Å². The Hall–Kier alpha value is -1.10.